The standard InChI is InChI=1S/C15H22F2N2O2/c1-3-20-14-8-12(4-5-13(14)21-15(16)17)10-19-7-6-18-11(2)9-19/h4-5,8,11,15,18H,3,6-7,9-10H2,1-2H3/t11-/m0/s1. The summed E-state index contributed by atoms with van der Waals surface area (Å²) in [5, 5.41) is 3.39. The van der Waals surface area contributed by atoms with Gasteiger partial charge in [0.25, 0.3) is 0 Å². The van der Waals surface area contributed by atoms with E-state index in [0.29, 0.717) is 18.4 Å². The molecule has 1 N–H and O–H groups in total. The summed E-state index contributed by atoms with van der Waals surface area (Å²) in [5.74, 6) is 0.461. The van der Waals surface area contributed by atoms with Crippen LogP contribution in [0.3, 0.4) is 0 Å². The number of alkyl halides is 2. The molecule has 0 saturated carbocycles. The van der Waals surface area contributed by atoms with Gasteiger partial charge in [-0.25, -0.2) is 0 Å². The fourth-order valence-corrected chi connectivity index (χ4v) is 2.53. The van der Waals surface area contributed by atoms with E-state index in [1.54, 1.807) is 12.1 Å². The first-order valence-electron chi connectivity index (χ1n) is 7.24. The summed E-state index contributed by atoms with van der Waals surface area (Å²) in [4.78, 5) is 2.33. The Balaban J connectivity index is 2.07. The summed E-state index contributed by atoms with van der Waals surface area (Å²) in [6.07, 6.45) is 0. The number of halogens is 2. The van der Waals surface area contributed by atoms with Gasteiger partial charge in [0, 0.05) is 32.2 Å². The maximum atomic E-state index is 12.4. The molecular formula is C15H22F2N2O2. The smallest absolute Gasteiger partial charge is 0.387 e. The van der Waals surface area contributed by atoms with Crippen LogP contribution in [0, 0.1) is 0 Å². The van der Waals surface area contributed by atoms with Crippen LogP contribution in [0.5, 0.6) is 11.5 Å². The molecule has 1 heterocycles. The molecule has 0 spiro atoms. The third-order valence-corrected chi connectivity index (χ3v) is 3.38. The van der Waals surface area contributed by atoms with Crippen molar-refractivity contribution in [1.82, 2.24) is 10.2 Å². The Morgan fingerprint density at radius 2 is 2.19 bits per heavy atom. The molecule has 2 rings (SSSR count). The van der Waals surface area contributed by atoms with Gasteiger partial charge in [-0.3, -0.25) is 4.90 Å². The van der Waals surface area contributed by atoms with E-state index in [9.17, 15) is 8.78 Å². The third kappa shape index (κ3) is 4.82. The largest absolute Gasteiger partial charge is 0.490 e. The molecule has 1 aliphatic heterocycles. The van der Waals surface area contributed by atoms with Gasteiger partial charge in [0.05, 0.1) is 6.61 Å². The van der Waals surface area contributed by atoms with Crippen LogP contribution >= 0.6 is 0 Å². The first kappa shape index (κ1) is 16.0. The topological polar surface area (TPSA) is 33.7 Å². The van der Waals surface area contributed by atoms with E-state index in [1.807, 2.05) is 13.0 Å². The van der Waals surface area contributed by atoms with E-state index in [2.05, 4.69) is 21.9 Å². The number of benzene rings is 1. The molecule has 0 radical (unpaired) electrons. The van der Waals surface area contributed by atoms with Crippen molar-refractivity contribution >= 4 is 0 Å². The van der Waals surface area contributed by atoms with Crippen molar-refractivity contribution in [1.29, 1.82) is 0 Å². The molecule has 0 amide bonds. The van der Waals surface area contributed by atoms with Gasteiger partial charge >= 0.3 is 6.61 Å². The van der Waals surface area contributed by atoms with Crippen molar-refractivity contribution < 1.29 is 18.3 Å². The summed E-state index contributed by atoms with van der Waals surface area (Å²) in [5.41, 5.74) is 1.04. The third-order valence-electron chi connectivity index (χ3n) is 3.38. The summed E-state index contributed by atoms with van der Waals surface area (Å²) in [6, 6.07) is 5.62. The van der Waals surface area contributed by atoms with Crippen molar-refractivity contribution in [3.63, 3.8) is 0 Å². The molecule has 1 aromatic carbocycles. The van der Waals surface area contributed by atoms with Crippen LogP contribution in [-0.4, -0.2) is 43.8 Å². The summed E-state index contributed by atoms with van der Waals surface area (Å²) in [7, 11) is 0. The van der Waals surface area contributed by atoms with E-state index in [-0.39, 0.29) is 5.75 Å². The molecule has 0 aromatic heterocycles. The Labute approximate surface area is 124 Å². The van der Waals surface area contributed by atoms with Gasteiger partial charge in [-0.2, -0.15) is 8.78 Å². The van der Waals surface area contributed by atoms with Crippen LogP contribution in [0.4, 0.5) is 8.78 Å². The number of rotatable bonds is 6. The molecular weight excluding hydrogens is 278 g/mol. The maximum absolute atomic E-state index is 12.4. The molecule has 4 nitrogen and oxygen atoms in total. The molecule has 0 aliphatic carbocycles. The van der Waals surface area contributed by atoms with Gasteiger partial charge in [-0.15, -0.1) is 0 Å². The zero-order valence-corrected chi connectivity index (χ0v) is 12.4. The van der Waals surface area contributed by atoms with Crippen molar-refractivity contribution in [2.24, 2.45) is 0 Å². The lowest BCUT2D eigenvalue weighted by Gasteiger charge is -2.31. The predicted molar refractivity (Wildman–Crippen MR) is 77.0 cm³/mol. The van der Waals surface area contributed by atoms with Crippen LogP contribution in [0.2, 0.25) is 0 Å². The molecule has 118 valence electrons. The highest BCUT2D eigenvalue weighted by molar-refractivity contribution is 5.43. The van der Waals surface area contributed by atoms with Crippen molar-refractivity contribution in [3.05, 3.63) is 23.8 Å². The average Bonchev–Trinajstić information content (AvgIpc) is 2.41. The second kappa shape index (κ2) is 7.56. The van der Waals surface area contributed by atoms with E-state index in [4.69, 9.17) is 4.74 Å². The molecule has 1 aliphatic rings. The van der Waals surface area contributed by atoms with Crippen LogP contribution in [-0.2, 0) is 6.54 Å². The Bertz CT molecular complexity index is 457. The minimum absolute atomic E-state index is 0.0873. The van der Waals surface area contributed by atoms with Crippen LogP contribution < -0.4 is 14.8 Å². The summed E-state index contributed by atoms with van der Waals surface area (Å²) < 4.78 is 34.6. The minimum atomic E-state index is -2.84. The molecule has 0 unspecified atom stereocenters. The minimum Gasteiger partial charge on any atom is -0.490 e. The van der Waals surface area contributed by atoms with Crippen LogP contribution in [0.15, 0.2) is 18.2 Å². The fraction of sp³-hybridized carbons (Fsp3) is 0.600. The summed E-state index contributed by atoms with van der Waals surface area (Å²) in [6.45, 7) is 5.22. The number of nitrogens with zero attached hydrogens (tertiary/aromatic N) is 1. The maximum Gasteiger partial charge on any atom is 0.387 e. The van der Waals surface area contributed by atoms with E-state index >= 15 is 0 Å². The van der Waals surface area contributed by atoms with Gasteiger partial charge in [-0.1, -0.05) is 6.07 Å². The highest BCUT2D eigenvalue weighted by Crippen LogP contribution is 2.30. The molecule has 1 atom stereocenters. The van der Waals surface area contributed by atoms with Crippen molar-refractivity contribution in [2.45, 2.75) is 33.0 Å². The first-order valence-corrected chi connectivity index (χ1v) is 7.24. The quantitative estimate of drug-likeness (QED) is 0.875. The molecule has 6 heteroatoms. The van der Waals surface area contributed by atoms with E-state index < -0.39 is 6.61 Å². The molecule has 1 saturated heterocycles. The Morgan fingerprint density at radius 1 is 1.38 bits per heavy atom. The van der Waals surface area contributed by atoms with Gasteiger partial charge < -0.3 is 14.8 Å². The second-order valence-corrected chi connectivity index (χ2v) is 5.18. The van der Waals surface area contributed by atoms with Crippen LogP contribution in [0.25, 0.3) is 0 Å². The lowest BCUT2D eigenvalue weighted by atomic mass is 10.1. The number of nitrogens with one attached hydrogen (secondary N) is 1. The monoisotopic (exact) mass is 300 g/mol. The molecule has 1 aromatic rings. The Hall–Kier alpha value is -1.40. The van der Waals surface area contributed by atoms with Gasteiger partial charge in [-0.05, 0) is 31.5 Å². The lowest BCUT2D eigenvalue weighted by Crippen LogP contribution is -2.48. The molecule has 21 heavy (non-hydrogen) atoms. The zero-order valence-electron chi connectivity index (χ0n) is 12.4. The number of piperazine rings is 1. The summed E-state index contributed by atoms with van der Waals surface area (Å²) >= 11 is 0. The normalized spacial score (nSPS) is 19.8. The van der Waals surface area contributed by atoms with Gasteiger partial charge in [0.1, 0.15) is 0 Å². The van der Waals surface area contributed by atoms with E-state index in [0.717, 1.165) is 31.7 Å². The molecule has 1 fully saturated rings. The highest BCUT2D eigenvalue weighted by atomic mass is 19.3. The first-order chi connectivity index (χ1) is 10.1. The average molecular weight is 300 g/mol. The zero-order chi connectivity index (χ0) is 15.2. The SMILES string of the molecule is CCOc1cc(CN2CCN[C@@H](C)C2)ccc1OC(F)F. The highest BCUT2D eigenvalue weighted by Gasteiger charge is 2.17. The second-order valence-electron chi connectivity index (χ2n) is 5.18. The predicted octanol–water partition coefficient (Wildman–Crippen LogP) is 2.48. The number of hydrogen-bond donors (Lipinski definition) is 1. The Morgan fingerprint density at radius 3 is 2.86 bits per heavy atom. The van der Waals surface area contributed by atoms with Gasteiger partial charge in [0.15, 0.2) is 11.5 Å². The Kier molecular flexibility index (Phi) is 5.76. The van der Waals surface area contributed by atoms with E-state index in [1.165, 1.54) is 0 Å². The van der Waals surface area contributed by atoms with Crippen molar-refractivity contribution in [2.75, 3.05) is 26.2 Å². The van der Waals surface area contributed by atoms with Crippen LogP contribution in [0.1, 0.15) is 19.4 Å². The lowest BCUT2D eigenvalue weighted by molar-refractivity contribution is -0.0514. The molecule has 0 bridgehead atoms. The van der Waals surface area contributed by atoms with Crippen molar-refractivity contribution in [3.8, 4) is 11.5 Å². The fourth-order valence-electron chi connectivity index (χ4n) is 2.53. The number of hydrogen-bond acceptors (Lipinski definition) is 4. The van der Waals surface area contributed by atoms with Gasteiger partial charge in [0.2, 0.25) is 0 Å². The number of ether oxygens (including phenoxy) is 2.